The Morgan fingerprint density at radius 2 is 1.94 bits per heavy atom. The van der Waals surface area contributed by atoms with Gasteiger partial charge in [-0.1, -0.05) is 25.4 Å². The third kappa shape index (κ3) is 2.57. The highest BCUT2D eigenvalue weighted by molar-refractivity contribution is 6.31. The maximum absolute atomic E-state index is 6.36. The van der Waals surface area contributed by atoms with Gasteiger partial charge in [0.25, 0.3) is 0 Å². The van der Waals surface area contributed by atoms with Crippen LogP contribution in [0.2, 0.25) is 5.02 Å². The van der Waals surface area contributed by atoms with Crippen molar-refractivity contribution >= 4 is 11.6 Å². The predicted octanol–water partition coefficient (Wildman–Crippen LogP) is 3.12. The summed E-state index contributed by atoms with van der Waals surface area (Å²) in [5, 5.41) is 0.722. The minimum absolute atomic E-state index is 0.0718. The molecule has 1 aromatic rings. The van der Waals surface area contributed by atoms with E-state index in [-0.39, 0.29) is 6.04 Å². The van der Waals surface area contributed by atoms with E-state index < -0.39 is 0 Å². The van der Waals surface area contributed by atoms with Crippen molar-refractivity contribution in [2.75, 3.05) is 13.2 Å². The van der Waals surface area contributed by atoms with Crippen LogP contribution in [0.25, 0.3) is 0 Å². The molecule has 2 rings (SSSR count). The summed E-state index contributed by atoms with van der Waals surface area (Å²) >= 11 is 6.36. The van der Waals surface area contributed by atoms with Crippen molar-refractivity contribution in [3.8, 4) is 11.5 Å². The second kappa shape index (κ2) is 5.37. The summed E-state index contributed by atoms with van der Waals surface area (Å²) in [7, 11) is 0. The maximum atomic E-state index is 6.36. The van der Waals surface area contributed by atoms with Crippen LogP contribution in [0.3, 0.4) is 0 Å². The summed E-state index contributed by atoms with van der Waals surface area (Å²) in [5.74, 6) is 1.92. The summed E-state index contributed by atoms with van der Waals surface area (Å²) in [5.41, 5.74) is 8.13. The van der Waals surface area contributed by atoms with E-state index in [4.69, 9.17) is 26.8 Å². The molecule has 0 radical (unpaired) electrons. The van der Waals surface area contributed by atoms with Gasteiger partial charge >= 0.3 is 0 Å². The minimum atomic E-state index is 0.0718. The van der Waals surface area contributed by atoms with E-state index in [1.807, 2.05) is 13.0 Å². The molecule has 0 bridgehead atoms. The lowest BCUT2D eigenvalue weighted by molar-refractivity contribution is 0.169. The topological polar surface area (TPSA) is 44.5 Å². The predicted molar refractivity (Wildman–Crippen MR) is 73.9 cm³/mol. The van der Waals surface area contributed by atoms with Gasteiger partial charge < -0.3 is 15.2 Å². The van der Waals surface area contributed by atoms with Crippen LogP contribution in [0, 0.1) is 0 Å². The number of fused-ring (bicyclic) bond motifs is 1. The zero-order chi connectivity index (χ0) is 13.3. The van der Waals surface area contributed by atoms with Crippen LogP contribution in [0.5, 0.6) is 11.5 Å². The van der Waals surface area contributed by atoms with Crippen molar-refractivity contribution in [3.05, 3.63) is 22.2 Å². The molecule has 0 aliphatic carbocycles. The Labute approximate surface area is 113 Å². The van der Waals surface area contributed by atoms with Crippen molar-refractivity contribution in [1.29, 1.82) is 0 Å². The SMILES string of the molecule is CC(N)Cc1c(Cl)cc2c(c1C(C)C)OCCO2. The van der Waals surface area contributed by atoms with Gasteiger partial charge in [-0.25, -0.2) is 0 Å². The second-order valence-electron chi connectivity index (χ2n) is 5.11. The molecule has 2 N–H and O–H groups in total. The van der Waals surface area contributed by atoms with Crippen LogP contribution in [-0.2, 0) is 6.42 Å². The van der Waals surface area contributed by atoms with E-state index in [0.717, 1.165) is 34.1 Å². The summed E-state index contributed by atoms with van der Waals surface area (Å²) < 4.78 is 11.4. The van der Waals surface area contributed by atoms with E-state index in [1.165, 1.54) is 0 Å². The molecule has 0 fully saturated rings. The first kappa shape index (κ1) is 13.5. The number of benzene rings is 1. The molecule has 0 saturated carbocycles. The molecule has 0 saturated heterocycles. The Hall–Kier alpha value is -0.930. The molecule has 1 aromatic carbocycles. The first-order valence-electron chi connectivity index (χ1n) is 6.37. The highest BCUT2D eigenvalue weighted by Gasteiger charge is 2.24. The average Bonchev–Trinajstić information content (AvgIpc) is 2.28. The first-order chi connectivity index (χ1) is 8.50. The molecule has 1 atom stereocenters. The lowest BCUT2D eigenvalue weighted by Gasteiger charge is -2.26. The Balaban J connectivity index is 2.57. The van der Waals surface area contributed by atoms with Gasteiger partial charge in [-0.05, 0) is 24.8 Å². The number of halogens is 1. The number of ether oxygens (including phenoxy) is 2. The van der Waals surface area contributed by atoms with Crippen molar-refractivity contribution in [1.82, 2.24) is 0 Å². The number of nitrogens with two attached hydrogens (primary N) is 1. The van der Waals surface area contributed by atoms with E-state index in [2.05, 4.69) is 13.8 Å². The van der Waals surface area contributed by atoms with E-state index >= 15 is 0 Å². The van der Waals surface area contributed by atoms with E-state index in [0.29, 0.717) is 19.1 Å². The summed E-state index contributed by atoms with van der Waals surface area (Å²) in [6.07, 6.45) is 0.753. The molecule has 1 unspecified atom stereocenters. The van der Waals surface area contributed by atoms with Crippen molar-refractivity contribution in [2.24, 2.45) is 5.73 Å². The number of hydrogen-bond acceptors (Lipinski definition) is 3. The fourth-order valence-electron chi connectivity index (χ4n) is 2.36. The standard InChI is InChI=1S/C14H20ClNO2/c1-8(2)13-10(6-9(3)16)11(15)7-12-14(13)18-5-4-17-12/h7-9H,4-6,16H2,1-3H3. The third-order valence-corrected chi connectivity index (χ3v) is 3.37. The highest BCUT2D eigenvalue weighted by Crippen LogP contribution is 2.43. The van der Waals surface area contributed by atoms with Gasteiger partial charge in [-0.2, -0.15) is 0 Å². The molecule has 4 heteroatoms. The average molecular weight is 270 g/mol. The molecule has 100 valence electrons. The zero-order valence-electron chi connectivity index (χ0n) is 11.1. The minimum Gasteiger partial charge on any atom is -0.486 e. The largest absolute Gasteiger partial charge is 0.486 e. The highest BCUT2D eigenvalue weighted by atomic mass is 35.5. The monoisotopic (exact) mass is 269 g/mol. The Morgan fingerprint density at radius 3 is 2.56 bits per heavy atom. The second-order valence-corrected chi connectivity index (χ2v) is 5.52. The molecule has 0 spiro atoms. The lowest BCUT2D eigenvalue weighted by Crippen LogP contribution is -2.22. The Kier molecular flexibility index (Phi) is 4.03. The molecular formula is C14H20ClNO2. The fraction of sp³-hybridized carbons (Fsp3) is 0.571. The van der Waals surface area contributed by atoms with E-state index in [1.54, 1.807) is 0 Å². The number of rotatable bonds is 3. The van der Waals surface area contributed by atoms with Gasteiger partial charge in [-0.3, -0.25) is 0 Å². The lowest BCUT2D eigenvalue weighted by atomic mass is 9.92. The third-order valence-electron chi connectivity index (χ3n) is 3.03. The summed E-state index contributed by atoms with van der Waals surface area (Å²) in [4.78, 5) is 0. The van der Waals surface area contributed by atoms with Crippen molar-refractivity contribution in [2.45, 2.75) is 39.2 Å². The molecule has 18 heavy (non-hydrogen) atoms. The van der Waals surface area contributed by atoms with Gasteiger partial charge in [-0.15, -0.1) is 0 Å². The van der Waals surface area contributed by atoms with Gasteiger partial charge in [0, 0.05) is 22.7 Å². The van der Waals surface area contributed by atoms with Crippen LogP contribution in [0.15, 0.2) is 6.07 Å². The van der Waals surface area contributed by atoms with Crippen LogP contribution < -0.4 is 15.2 Å². The van der Waals surface area contributed by atoms with Crippen LogP contribution >= 0.6 is 11.6 Å². The van der Waals surface area contributed by atoms with E-state index in [9.17, 15) is 0 Å². The van der Waals surface area contributed by atoms with Gasteiger partial charge in [0.15, 0.2) is 11.5 Å². The maximum Gasteiger partial charge on any atom is 0.165 e. The molecule has 3 nitrogen and oxygen atoms in total. The smallest absolute Gasteiger partial charge is 0.165 e. The summed E-state index contributed by atoms with van der Waals surface area (Å²) in [6.45, 7) is 7.42. The van der Waals surface area contributed by atoms with Crippen LogP contribution in [-0.4, -0.2) is 19.3 Å². The van der Waals surface area contributed by atoms with Gasteiger partial charge in [0.1, 0.15) is 13.2 Å². The molecule has 0 amide bonds. The Morgan fingerprint density at radius 1 is 1.28 bits per heavy atom. The number of hydrogen-bond donors (Lipinski definition) is 1. The van der Waals surface area contributed by atoms with Crippen molar-refractivity contribution in [3.63, 3.8) is 0 Å². The van der Waals surface area contributed by atoms with Gasteiger partial charge in [0.05, 0.1) is 0 Å². The molecule has 1 aliphatic rings. The zero-order valence-corrected chi connectivity index (χ0v) is 11.9. The normalized spacial score (nSPS) is 15.9. The van der Waals surface area contributed by atoms with Crippen molar-refractivity contribution < 1.29 is 9.47 Å². The molecule has 1 aliphatic heterocycles. The van der Waals surface area contributed by atoms with Gasteiger partial charge in [0.2, 0.25) is 0 Å². The van der Waals surface area contributed by atoms with Crippen LogP contribution in [0.4, 0.5) is 0 Å². The van der Waals surface area contributed by atoms with Crippen LogP contribution in [0.1, 0.15) is 37.8 Å². The quantitative estimate of drug-likeness (QED) is 0.917. The molecular weight excluding hydrogens is 250 g/mol. The molecule has 1 heterocycles. The summed E-state index contributed by atoms with van der Waals surface area (Å²) in [6, 6.07) is 1.92. The Bertz CT molecular complexity index is 444. The first-order valence-corrected chi connectivity index (χ1v) is 6.75. The fourth-order valence-corrected chi connectivity index (χ4v) is 2.64. The molecule has 0 aromatic heterocycles.